The van der Waals surface area contributed by atoms with Crippen LogP contribution in [0.4, 0.5) is 0 Å². The quantitative estimate of drug-likeness (QED) is 0.662. The summed E-state index contributed by atoms with van der Waals surface area (Å²) in [5.74, 6) is 0.294. The van der Waals surface area contributed by atoms with Gasteiger partial charge >= 0.3 is 5.97 Å². The minimum atomic E-state index is -0.280. The number of aryl methyl sites for hydroxylation is 2. The van der Waals surface area contributed by atoms with Crippen LogP contribution in [0, 0.1) is 0 Å². The molecule has 0 bridgehead atoms. The number of nitrogens with zero attached hydrogens (tertiary/aromatic N) is 2. The molecule has 1 aromatic heterocycles. The molecule has 1 N–H and O–H groups in total. The standard InChI is InChI=1S/C14H16N2O4/c1-3-20-13(19)7-6-12-15-14-9(8-17)11(18)5-4-10(14)16(12)2/h4-5,8,18H,3,6-7H2,1-2H3. The number of esters is 1. The maximum atomic E-state index is 11.4. The topological polar surface area (TPSA) is 81.4 Å². The molecule has 1 aromatic carbocycles. The van der Waals surface area contributed by atoms with Gasteiger partial charge in [0.1, 0.15) is 17.1 Å². The third kappa shape index (κ3) is 2.49. The number of aromatic nitrogens is 2. The smallest absolute Gasteiger partial charge is 0.306 e. The molecule has 106 valence electrons. The predicted octanol–water partition coefficient (Wildman–Crippen LogP) is 1.59. The van der Waals surface area contributed by atoms with Gasteiger partial charge in [-0.3, -0.25) is 9.59 Å². The molecule has 0 radical (unpaired) electrons. The van der Waals surface area contributed by atoms with E-state index >= 15 is 0 Å². The van der Waals surface area contributed by atoms with E-state index in [4.69, 9.17) is 4.74 Å². The number of imidazole rings is 1. The third-order valence-electron chi connectivity index (χ3n) is 3.14. The van der Waals surface area contributed by atoms with E-state index in [-0.39, 0.29) is 23.7 Å². The Bertz CT molecular complexity index is 661. The second-order valence-electron chi connectivity index (χ2n) is 4.38. The Kier molecular flexibility index (Phi) is 4.02. The minimum absolute atomic E-state index is 0.0949. The van der Waals surface area contributed by atoms with E-state index in [2.05, 4.69) is 4.98 Å². The number of ether oxygens (including phenoxy) is 1. The van der Waals surface area contributed by atoms with E-state index in [1.807, 2.05) is 0 Å². The van der Waals surface area contributed by atoms with Gasteiger partial charge in [0.25, 0.3) is 0 Å². The molecule has 2 rings (SSSR count). The number of rotatable bonds is 5. The van der Waals surface area contributed by atoms with Crippen LogP contribution in [0.5, 0.6) is 5.75 Å². The fourth-order valence-electron chi connectivity index (χ4n) is 2.10. The lowest BCUT2D eigenvalue weighted by Gasteiger charge is -2.02. The molecule has 1 heterocycles. The first kappa shape index (κ1) is 14.0. The number of phenols is 1. The summed E-state index contributed by atoms with van der Waals surface area (Å²) in [4.78, 5) is 26.7. The van der Waals surface area contributed by atoms with Crippen LogP contribution in [0.3, 0.4) is 0 Å². The van der Waals surface area contributed by atoms with Crippen molar-refractivity contribution in [2.75, 3.05) is 6.61 Å². The number of hydrogen-bond acceptors (Lipinski definition) is 5. The zero-order valence-corrected chi connectivity index (χ0v) is 11.4. The van der Waals surface area contributed by atoms with E-state index < -0.39 is 0 Å². The predicted molar refractivity (Wildman–Crippen MR) is 72.7 cm³/mol. The van der Waals surface area contributed by atoms with Crippen molar-refractivity contribution in [1.29, 1.82) is 0 Å². The number of hydrogen-bond donors (Lipinski definition) is 1. The number of aldehydes is 1. The van der Waals surface area contributed by atoms with Gasteiger partial charge in [-0.2, -0.15) is 0 Å². The second kappa shape index (κ2) is 5.73. The normalized spacial score (nSPS) is 10.7. The van der Waals surface area contributed by atoms with Crippen molar-refractivity contribution in [3.63, 3.8) is 0 Å². The molecule has 6 nitrogen and oxygen atoms in total. The molecule has 0 aliphatic heterocycles. The van der Waals surface area contributed by atoms with Gasteiger partial charge in [-0.05, 0) is 19.1 Å². The zero-order valence-electron chi connectivity index (χ0n) is 11.4. The molecule has 0 aliphatic rings. The van der Waals surface area contributed by atoms with Crippen LogP contribution < -0.4 is 0 Å². The molecule has 0 aliphatic carbocycles. The van der Waals surface area contributed by atoms with Crippen LogP contribution in [0.2, 0.25) is 0 Å². The number of carbonyl (C=O) groups excluding carboxylic acids is 2. The van der Waals surface area contributed by atoms with Crippen LogP contribution in [0.15, 0.2) is 12.1 Å². The molecular formula is C14H16N2O4. The number of fused-ring (bicyclic) bond motifs is 1. The molecule has 0 spiro atoms. The Morgan fingerprint density at radius 3 is 2.90 bits per heavy atom. The van der Waals surface area contributed by atoms with Crippen molar-refractivity contribution in [2.24, 2.45) is 7.05 Å². The summed E-state index contributed by atoms with van der Waals surface area (Å²) in [6.07, 6.45) is 1.23. The van der Waals surface area contributed by atoms with Crippen molar-refractivity contribution in [3.05, 3.63) is 23.5 Å². The molecule has 0 fully saturated rings. The van der Waals surface area contributed by atoms with E-state index in [9.17, 15) is 14.7 Å². The summed E-state index contributed by atoms with van der Waals surface area (Å²) in [5.41, 5.74) is 1.35. The highest BCUT2D eigenvalue weighted by Gasteiger charge is 2.15. The monoisotopic (exact) mass is 276 g/mol. The maximum absolute atomic E-state index is 11.4. The largest absolute Gasteiger partial charge is 0.507 e. The van der Waals surface area contributed by atoms with Crippen LogP contribution in [0.25, 0.3) is 11.0 Å². The van der Waals surface area contributed by atoms with Crippen LogP contribution in [0.1, 0.15) is 29.5 Å². The Balaban J connectivity index is 2.34. The van der Waals surface area contributed by atoms with E-state index in [0.29, 0.717) is 30.7 Å². The van der Waals surface area contributed by atoms with Gasteiger partial charge in [0.15, 0.2) is 6.29 Å². The minimum Gasteiger partial charge on any atom is -0.507 e. The molecule has 20 heavy (non-hydrogen) atoms. The van der Waals surface area contributed by atoms with Gasteiger partial charge in [-0.25, -0.2) is 4.98 Å². The second-order valence-corrected chi connectivity index (χ2v) is 4.38. The Morgan fingerprint density at radius 1 is 1.50 bits per heavy atom. The first-order valence-electron chi connectivity index (χ1n) is 6.36. The molecule has 0 atom stereocenters. The fraction of sp³-hybridized carbons (Fsp3) is 0.357. The molecule has 2 aromatic rings. The first-order chi connectivity index (χ1) is 9.58. The Morgan fingerprint density at radius 2 is 2.25 bits per heavy atom. The molecular weight excluding hydrogens is 260 g/mol. The van der Waals surface area contributed by atoms with Crippen LogP contribution in [-0.4, -0.2) is 33.5 Å². The summed E-state index contributed by atoms with van der Waals surface area (Å²) in [6.45, 7) is 2.11. The van der Waals surface area contributed by atoms with Crippen molar-refractivity contribution in [1.82, 2.24) is 9.55 Å². The third-order valence-corrected chi connectivity index (χ3v) is 3.14. The molecule has 0 saturated carbocycles. The molecule has 0 amide bonds. The molecule has 6 heteroatoms. The van der Waals surface area contributed by atoms with Gasteiger partial charge in [0.2, 0.25) is 0 Å². The number of phenolic OH excluding ortho intramolecular Hbond substituents is 1. The summed E-state index contributed by atoms with van der Waals surface area (Å²) in [6, 6.07) is 3.15. The number of carbonyl (C=O) groups is 2. The lowest BCUT2D eigenvalue weighted by Crippen LogP contribution is -2.07. The summed E-state index contributed by atoms with van der Waals surface area (Å²) in [7, 11) is 1.81. The number of benzene rings is 1. The van der Waals surface area contributed by atoms with Gasteiger partial charge in [0, 0.05) is 13.5 Å². The summed E-state index contributed by atoms with van der Waals surface area (Å²) < 4.78 is 6.68. The van der Waals surface area contributed by atoms with Crippen LogP contribution in [-0.2, 0) is 23.0 Å². The number of aromatic hydroxyl groups is 1. The van der Waals surface area contributed by atoms with Crippen molar-refractivity contribution < 1.29 is 19.4 Å². The SMILES string of the molecule is CCOC(=O)CCc1nc2c(C=O)c(O)ccc2n1C. The average Bonchev–Trinajstić information content (AvgIpc) is 2.74. The van der Waals surface area contributed by atoms with Crippen molar-refractivity contribution in [2.45, 2.75) is 19.8 Å². The lowest BCUT2D eigenvalue weighted by molar-refractivity contribution is -0.143. The molecule has 0 unspecified atom stereocenters. The van der Waals surface area contributed by atoms with E-state index in [1.165, 1.54) is 6.07 Å². The highest BCUT2D eigenvalue weighted by atomic mass is 16.5. The van der Waals surface area contributed by atoms with Crippen LogP contribution >= 0.6 is 0 Å². The Labute approximate surface area is 116 Å². The summed E-state index contributed by atoms with van der Waals surface area (Å²) in [5, 5.41) is 9.64. The molecule has 0 saturated heterocycles. The highest BCUT2D eigenvalue weighted by Crippen LogP contribution is 2.25. The van der Waals surface area contributed by atoms with Crippen molar-refractivity contribution in [3.8, 4) is 5.75 Å². The van der Waals surface area contributed by atoms with E-state index in [1.54, 1.807) is 24.6 Å². The van der Waals surface area contributed by atoms with Gasteiger partial charge < -0.3 is 14.4 Å². The van der Waals surface area contributed by atoms with Gasteiger partial charge in [-0.15, -0.1) is 0 Å². The van der Waals surface area contributed by atoms with E-state index in [0.717, 1.165) is 5.52 Å². The highest BCUT2D eigenvalue weighted by molar-refractivity contribution is 5.97. The Hall–Kier alpha value is -2.37. The average molecular weight is 276 g/mol. The fourth-order valence-corrected chi connectivity index (χ4v) is 2.10. The summed E-state index contributed by atoms with van der Waals surface area (Å²) >= 11 is 0. The lowest BCUT2D eigenvalue weighted by atomic mass is 10.2. The van der Waals surface area contributed by atoms with Gasteiger partial charge in [-0.1, -0.05) is 0 Å². The van der Waals surface area contributed by atoms with Crippen molar-refractivity contribution >= 4 is 23.3 Å². The zero-order chi connectivity index (χ0) is 14.7. The maximum Gasteiger partial charge on any atom is 0.306 e. The van der Waals surface area contributed by atoms with Gasteiger partial charge in [0.05, 0.1) is 24.1 Å². The first-order valence-corrected chi connectivity index (χ1v) is 6.36.